The van der Waals surface area contributed by atoms with Gasteiger partial charge in [0.25, 0.3) is 0 Å². The van der Waals surface area contributed by atoms with Gasteiger partial charge < -0.3 is 0 Å². The molecule has 1 aromatic carbocycles. The SMILES string of the molecule is C[C@@H](/C=C/S(=O)c1ccccc1)[C@H]1CCC(=O)C1. The number of benzene rings is 1. The second-order valence-electron chi connectivity index (χ2n) is 4.84. The molecule has 96 valence electrons. The first-order valence-electron chi connectivity index (χ1n) is 6.32. The second kappa shape index (κ2) is 6.10. The van der Waals surface area contributed by atoms with Gasteiger partial charge in [-0.1, -0.05) is 31.2 Å². The van der Waals surface area contributed by atoms with Crippen molar-refractivity contribution in [2.75, 3.05) is 0 Å². The van der Waals surface area contributed by atoms with Gasteiger partial charge in [0.1, 0.15) is 5.78 Å². The van der Waals surface area contributed by atoms with Crippen LogP contribution in [0, 0.1) is 11.8 Å². The van der Waals surface area contributed by atoms with Crippen LogP contribution < -0.4 is 0 Å². The molecule has 0 bridgehead atoms. The Labute approximate surface area is 111 Å². The maximum atomic E-state index is 12.0. The van der Waals surface area contributed by atoms with E-state index in [0.29, 0.717) is 30.5 Å². The summed E-state index contributed by atoms with van der Waals surface area (Å²) < 4.78 is 12.0. The number of ketones is 1. The molecule has 0 spiro atoms. The Morgan fingerprint density at radius 1 is 1.33 bits per heavy atom. The molecule has 0 amide bonds. The van der Waals surface area contributed by atoms with Gasteiger partial charge in [-0.3, -0.25) is 4.79 Å². The number of hydrogen-bond donors (Lipinski definition) is 0. The first-order chi connectivity index (χ1) is 8.66. The summed E-state index contributed by atoms with van der Waals surface area (Å²) in [6.45, 7) is 2.10. The Balaban J connectivity index is 1.94. The highest BCUT2D eigenvalue weighted by molar-refractivity contribution is 7.88. The van der Waals surface area contributed by atoms with Crippen molar-refractivity contribution < 1.29 is 9.00 Å². The largest absolute Gasteiger partial charge is 0.300 e. The van der Waals surface area contributed by atoms with Gasteiger partial charge in [0.15, 0.2) is 0 Å². The van der Waals surface area contributed by atoms with Gasteiger partial charge in [0.2, 0.25) is 0 Å². The van der Waals surface area contributed by atoms with E-state index in [1.807, 2.05) is 36.4 Å². The lowest BCUT2D eigenvalue weighted by molar-refractivity contribution is -0.117. The van der Waals surface area contributed by atoms with Gasteiger partial charge in [-0.2, -0.15) is 0 Å². The first-order valence-corrected chi connectivity index (χ1v) is 7.54. The molecule has 1 fully saturated rings. The summed E-state index contributed by atoms with van der Waals surface area (Å²) in [7, 11) is -1.08. The summed E-state index contributed by atoms with van der Waals surface area (Å²) in [5.74, 6) is 1.12. The van der Waals surface area contributed by atoms with Gasteiger partial charge in [-0.15, -0.1) is 0 Å². The third-order valence-corrected chi connectivity index (χ3v) is 4.65. The van der Waals surface area contributed by atoms with Crippen LogP contribution in [0.5, 0.6) is 0 Å². The molecule has 0 N–H and O–H groups in total. The van der Waals surface area contributed by atoms with E-state index in [1.165, 1.54) is 0 Å². The minimum Gasteiger partial charge on any atom is -0.300 e. The van der Waals surface area contributed by atoms with Crippen LogP contribution in [0.1, 0.15) is 26.2 Å². The fraction of sp³-hybridized carbons (Fsp3) is 0.400. The lowest BCUT2D eigenvalue weighted by atomic mass is 9.93. The van der Waals surface area contributed by atoms with Gasteiger partial charge in [0, 0.05) is 23.1 Å². The maximum absolute atomic E-state index is 12.0. The quantitative estimate of drug-likeness (QED) is 0.834. The number of Topliss-reactive ketones (excluding diaryl/α,β-unsaturated/α-hetero) is 1. The van der Waals surface area contributed by atoms with Gasteiger partial charge in [-0.05, 0) is 30.4 Å². The highest BCUT2D eigenvalue weighted by atomic mass is 32.2. The lowest BCUT2D eigenvalue weighted by Gasteiger charge is -2.13. The zero-order valence-electron chi connectivity index (χ0n) is 10.5. The standard InChI is InChI=1S/C15H18O2S/c1-12(13-7-8-14(16)11-13)9-10-18(17)15-5-3-2-4-6-15/h2-6,9-10,12-13H,7-8,11H2,1H3/b10-9+/t12-,13-,18?/m0/s1. The highest BCUT2D eigenvalue weighted by Gasteiger charge is 2.25. The molecule has 0 aromatic heterocycles. The van der Waals surface area contributed by atoms with Crippen LogP contribution in [-0.2, 0) is 15.6 Å². The van der Waals surface area contributed by atoms with E-state index in [9.17, 15) is 9.00 Å². The molecule has 0 radical (unpaired) electrons. The Morgan fingerprint density at radius 3 is 2.67 bits per heavy atom. The average Bonchev–Trinajstić information content (AvgIpc) is 2.83. The van der Waals surface area contributed by atoms with Gasteiger partial charge >= 0.3 is 0 Å². The highest BCUT2D eigenvalue weighted by Crippen LogP contribution is 2.29. The number of carbonyl (C=O) groups excluding carboxylic acids is 1. The van der Waals surface area contributed by atoms with Gasteiger partial charge in [0.05, 0.1) is 10.8 Å². The molecule has 0 saturated heterocycles. The zero-order valence-corrected chi connectivity index (χ0v) is 11.4. The van der Waals surface area contributed by atoms with Crippen molar-refractivity contribution in [1.29, 1.82) is 0 Å². The monoisotopic (exact) mass is 262 g/mol. The first kappa shape index (κ1) is 13.2. The Hall–Kier alpha value is -1.22. The summed E-state index contributed by atoms with van der Waals surface area (Å²) in [6.07, 6.45) is 4.36. The van der Waals surface area contributed by atoms with Crippen molar-refractivity contribution in [2.24, 2.45) is 11.8 Å². The molecule has 2 rings (SSSR count). The molecular formula is C15H18O2S. The van der Waals surface area contributed by atoms with Crippen molar-refractivity contribution >= 4 is 16.6 Å². The van der Waals surface area contributed by atoms with Crippen LogP contribution in [0.3, 0.4) is 0 Å². The topological polar surface area (TPSA) is 34.1 Å². The molecule has 1 aliphatic rings. The van der Waals surface area contributed by atoms with E-state index in [-0.39, 0.29) is 0 Å². The van der Waals surface area contributed by atoms with E-state index in [0.717, 1.165) is 11.3 Å². The second-order valence-corrected chi connectivity index (χ2v) is 6.18. The van der Waals surface area contributed by atoms with Crippen LogP contribution in [0.15, 0.2) is 46.7 Å². The fourth-order valence-electron chi connectivity index (χ4n) is 2.28. The number of allylic oxidation sites excluding steroid dienone is 1. The maximum Gasteiger partial charge on any atom is 0.133 e. The van der Waals surface area contributed by atoms with Crippen LogP contribution in [-0.4, -0.2) is 9.99 Å². The zero-order chi connectivity index (χ0) is 13.0. The van der Waals surface area contributed by atoms with Crippen LogP contribution in [0.2, 0.25) is 0 Å². The lowest BCUT2D eigenvalue weighted by Crippen LogP contribution is -2.05. The van der Waals surface area contributed by atoms with E-state index < -0.39 is 10.8 Å². The molecule has 1 saturated carbocycles. The molecule has 0 heterocycles. The molecule has 0 aliphatic heterocycles. The summed E-state index contributed by atoms with van der Waals surface area (Å²) in [6, 6.07) is 9.42. The van der Waals surface area contributed by atoms with Gasteiger partial charge in [-0.25, -0.2) is 4.21 Å². The van der Waals surface area contributed by atoms with Crippen LogP contribution in [0.25, 0.3) is 0 Å². The van der Waals surface area contributed by atoms with E-state index in [2.05, 4.69) is 6.92 Å². The molecule has 2 nitrogen and oxygen atoms in total. The molecule has 1 unspecified atom stereocenters. The molecule has 1 aromatic rings. The summed E-state index contributed by atoms with van der Waals surface area (Å²) >= 11 is 0. The molecule has 1 aliphatic carbocycles. The molecular weight excluding hydrogens is 244 g/mol. The summed E-state index contributed by atoms with van der Waals surface area (Å²) in [4.78, 5) is 12.1. The smallest absolute Gasteiger partial charge is 0.133 e. The predicted molar refractivity (Wildman–Crippen MR) is 73.5 cm³/mol. The van der Waals surface area contributed by atoms with Crippen LogP contribution in [0.4, 0.5) is 0 Å². The summed E-state index contributed by atoms with van der Waals surface area (Å²) in [5.41, 5.74) is 0. The van der Waals surface area contributed by atoms with Crippen molar-refractivity contribution in [2.45, 2.75) is 31.1 Å². The Bertz CT molecular complexity index is 465. The third-order valence-electron chi connectivity index (χ3n) is 3.51. The van der Waals surface area contributed by atoms with Crippen molar-refractivity contribution in [3.05, 3.63) is 41.8 Å². The van der Waals surface area contributed by atoms with Crippen molar-refractivity contribution in [3.63, 3.8) is 0 Å². The minimum atomic E-state index is -1.08. The minimum absolute atomic E-state index is 0.323. The van der Waals surface area contributed by atoms with E-state index >= 15 is 0 Å². The third kappa shape index (κ3) is 3.39. The fourth-order valence-corrected chi connectivity index (χ4v) is 3.25. The van der Waals surface area contributed by atoms with Crippen LogP contribution >= 0.6 is 0 Å². The van der Waals surface area contributed by atoms with E-state index in [1.54, 1.807) is 5.41 Å². The number of rotatable bonds is 4. The molecule has 3 heteroatoms. The number of hydrogen-bond acceptors (Lipinski definition) is 2. The van der Waals surface area contributed by atoms with E-state index in [4.69, 9.17) is 0 Å². The Morgan fingerprint density at radius 2 is 2.06 bits per heavy atom. The average molecular weight is 262 g/mol. The predicted octanol–water partition coefficient (Wildman–Crippen LogP) is 3.31. The Kier molecular flexibility index (Phi) is 4.48. The normalized spacial score (nSPS) is 23.4. The molecule has 3 atom stereocenters. The summed E-state index contributed by atoms with van der Waals surface area (Å²) in [5, 5.41) is 1.75. The number of carbonyl (C=O) groups is 1. The van der Waals surface area contributed by atoms with Crippen molar-refractivity contribution in [1.82, 2.24) is 0 Å². The van der Waals surface area contributed by atoms with Crippen molar-refractivity contribution in [3.8, 4) is 0 Å². The molecule has 18 heavy (non-hydrogen) atoms.